The third-order valence-corrected chi connectivity index (χ3v) is 17.6. The smallest absolute Gasteiger partial charge is 0.246 e. The predicted molar refractivity (Wildman–Crippen MR) is 275 cm³/mol. The summed E-state index contributed by atoms with van der Waals surface area (Å²) in [4.78, 5) is 66.9. The normalized spacial score (nSPS) is 27.7. The Hall–Kier alpha value is -5.76. The van der Waals surface area contributed by atoms with Crippen molar-refractivity contribution in [3.63, 3.8) is 0 Å². The molecular formula is C56H74N10O6. The number of hydrogen-bond donors (Lipinski definition) is 5. The SMILES string of the molecule is C#Cc1ccc(CNC(=O)[C@@H]2C[C@@H](O)CN2C(=O)[C@@H](NC(=O)C2CCC3(CC2)CC(N2CCC(N4CCC(C(=O)N5CCN6c7cc(-c8ccccc8O)nnc7NC[C@H]6C5)CC4)CC2)C3)C(C)(C)C)cc1. The standard InChI is InChI=1S/C56H74N10O6/c1-5-36-10-12-37(13-11-36)32-58-52(70)47-28-43(67)35-66(47)54(72)49(55(2,3)4)59-51(69)38-14-20-56(21-15-38)30-41(31-56)63-24-18-40(19-25-63)62-22-16-39(17-23-62)53(71)64-26-27-65-42(34-64)33-57-50-46(65)29-45(60-61-50)44-8-6-7-9-48(44)68/h1,6-13,29,38-43,47,49,67-68H,14-28,30-35H2,2-4H3,(H,57,61)(H,58,70)(H,59,69)/t38?,41?,42-,43+,47-,49+,56?/m0/s1. The molecule has 16 nitrogen and oxygen atoms in total. The molecular weight excluding hydrogens is 909 g/mol. The molecule has 4 amide bonds. The lowest BCUT2D eigenvalue weighted by molar-refractivity contribution is -0.145. The first-order valence-electron chi connectivity index (χ1n) is 26.7. The van der Waals surface area contributed by atoms with E-state index in [0.29, 0.717) is 48.9 Å². The maximum absolute atomic E-state index is 14.2. The first-order chi connectivity index (χ1) is 34.6. The molecule has 72 heavy (non-hydrogen) atoms. The molecule has 0 radical (unpaired) electrons. The molecule has 3 aromatic rings. The summed E-state index contributed by atoms with van der Waals surface area (Å²) in [6.07, 6.45) is 15.0. The Bertz CT molecular complexity index is 2510. The van der Waals surface area contributed by atoms with Crippen molar-refractivity contribution in [1.82, 2.24) is 40.4 Å². The number of anilines is 2. The zero-order valence-corrected chi connectivity index (χ0v) is 42.4. The number of aromatic hydroxyl groups is 1. The van der Waals surface area contributed by atoms with Gasteiger partial charge in [-0.05, 0) is 137 Å². The van der Waals surface area contributed by atoms with E-state index >= 15 is 0 Å². The molecule has 4 saturated heterocycles. The Morgan fingerprint density at radius 2 is 1.53 bits per heavy atom. The van der Waals surface area contributed by atoms with Crippen LogP contribution in [0.2, 0.25) is 0 Å². The van der Waals surface area contributed by atoms with Crippen molar-refractivity contribution in [2.45, 2.75) is 134 Å². The molecule has 2 aromatic carbocycles. The molecule has 4 atom stereocenters. The van der Waals surface area contributed by atoms with Crippen LogP contribution in [0.3, 0.4) is 0 Å². The van der Waals surface area contributed by atoms with Crippen LogP contribution >= 0.6 is 0 Å². The lowest BCUT2D eigenvalue weighted by Gasteiger charge is -2.56. The van der Waals surface area contributed by atoms with E-state index in [2.05, 4.69) is 51.7 Å². The second-order valence-electron chi connectivity index (χ2n) is 23.2. The Labute approximate surface area is 424 Å². The number of phenolic OH excluding ortho intramolecular Hbond substituents is 1. The summed E-state index contributed by atoms with van der Waals surface area (Å²) < 4.78 is 0. The van der Waals surface area contributed by atoms with Crippen molar-refractivity contribution < 1.29 is 29.4 Å². The van der Waals surface area contributed by atoms with E-state index in [1.54, 1.807) is 12.1 Å². The van der Waals surface area contributed by atoms with Gasteiger partial charge < -0.3 is 50.7 Å². The summed E-state index contributed by atoms with van der Waals surface area (Å²) in [5.41, 5.74) is 3.56. The minimum atomic E-state index is -0.839. The highest BCUT2D eigenvalue weighted by molar-refractivity contribution is 5.93. The van der Waals surface area contributed by atoms with Gasteiger partial charge in [0.25, 0.3) is 0 Å². The highest BCUT2D eigenvalue weighted by Crippen LogP contribution is 2.55. The number of carbonyl (C=O) groups excluding carboxylic acids is 4. The van der Waals surface area contributed by atoms with Gasteiger partial charge in [0.05, 0.1) is 23.5 Å². The molecule has 7 aliphatic rings. The number of rotatable bonds is 10. The first kappa shape index (κ1) is 49.8. The molecule has 16 heteroatoms. The van der Waals surface area contributed by atoms with E-state index in [0.717, 1.165) is 107 Å². The molecule has 1 spiro atoms. The Balaban J connectivity index is 0.640. The number of fused-ring (bicyclic) bond motifs is 3. The van der Waals surface area contributed by atoms with E-state index < -0.39 is 23.6 Å². The molecule has 0 unspecified atom stereocenters. The lowest BCUT2D eigenvalue weighted by atomic mass is 9.56. The molecule has 2 aliphatic carbocycles. The van der Waals surface area contributed by atoms with Gasteiger partial charge in [0.1, 0.15) is 17.8 Å². The summed E-state index contributed by atoms with van der Waals surface area (Å²) in [5, 5.41) is 39.4. The number of phenols is 1. The zero-order valence-electron chi connectivity index (χ0n) is 42.4. The number of piperazine rings is 1. The number of β-amino-alcohol motifs (C(OH)–C–C–N with tert-alkyl or cyclic N) is 1. The summed E-state index contributed by atoms with van der Waals surface area (Å²) in [5.74, 6) is 2.95. The number of terminal acetylenes is 1. The maximum Gasteiger partial charge on any atom is 0.246 e. The van der Waals surface area contributed by atoms with Gasteiger partial charge in [-0.3, -0.25) is 19.2 Å². The van der Waals surface area contributed by atoms with Crippen LogP contribution in [0, 0.1) is 35.0 Å². The van der Waals surface area contributed by atoms with Gasteiger partial charge in [-0.1, -0.05) is 51.0 Å². The quantitative estimate of drug-likeness (QED) is 0.178. The predicted octanol–water partition coefficient (Wildman–Crippen LogP) is 4.60. The average molecular weight is 983 g/mol. The van der Waals surface area contributed by atoms with Gasteiger partial charge in [-0.2, -0.15) is 0 Å². The van der Waals surface area contributed by atoms with Crippen LogP contribution < -0.4 is 20.9 Å². The Morgan fingerprint density at radius 1 is 0.833 bits per heavy atom. The van der Waals surface area contributed by atoms with Crippen molar-refractivity contribution in [2.24, 2.45) is 22.7 Å². The number of amides is 4. The molecule has 6 fully saturated rings. The van der Waals surface area contributed by atoms with Crippen molar-refractivity contribution in [2.75, 3.05) is 69.1 Å². The van der Waals surface area contributed by atoms with Gasteiger partial charge >= 0.3 is 0 Å². The van der Waals surface area contributed by atoms with Gasteiger partial charge in [-0.15, -0.1) is 16.6 Å². The van der Waals surface area contributed by atoms with Gasteiger partial charge in [-0.25, -0.2) is 0 Å². The van der Waals surface area contributed by atoms with Crippen molar-refractivity contribution in [1.29, 1.82) is 0 Å². The fourth-order valence-corrected chi connectivity index (χ4v) is 13.2. The second kappa shape index (κ2) is 20.6. The molecule has 10 rings (SSSR count). The summed E-state index contributed by atoms with van der Waals surface area (Å²) in [6, 6.07) is 16.2. The number of aliphatic hydroxyl groups is 1. The molecule has 384 valence electrons. The number of benzene rings is 2. The molecule has 5 aliphatic heterocycles. The Kier molecular flexibility index (Phi) is 14.3. The molecule has 2 saturated carbocycles. The summed E-state index contributed by atoms with van der Waals surface area (Å²) in [7, 11) is 0. The van der Waals surface area contributed by atoms with E-state index in [-0.39, 0.29) is 66.3 Å². The number of piperidine rings is 2. The number of likely N-dealkylation sites (tertiary alicyclic amines) is 3. The average Bonchev–Trinajstić information content (AvgIpc) is 3.79. The minimum Gasteiger partial charge on any atom is -0.507 e. The largest absolute Gasteiger partial charge is 0.507 e. The number of nitrogens with one attached hydrogen (secondary N) is 3. The summed E-state index contributed by atoms with van der Waals surface area (Å²) in [6.45, 7) is 13.1. The van der Waals surface area contributed by atoms with E-state index in [4.69, 9.17) is 6.42 Å². The molecule has 5 N–H and O–H groups in total. The first-order valence-corrected chi connectivity index (χ1v) is 26.7. The van der Waals surface area contributed by atoms with E-state index in [9.17, 15) is 29.4 Å². The number of hydrogen-bond acceptors (Lipinski definition) is 12. The van der Waals surface area contributed by atoms with Crippen LogP contribution in [0.1, 0.15) is 103 Å². The van der Waals surface area contributed by atoms with Gasteiger partial charge in [0.15, 0.2) is 5.82 Å². The van der Waals surface area contributed by atoms with E-state index in [1.807, 2.05) is 63.2 Å². The number of aromatic nitrogens is 2. The van der Waals surface area contributed by atoms with Crippen LogP contribution in [0.15, 0.2) is 54.6 Å². The highest BCUT2D eigenvalue weighted by atomic mass is 16.3. The van der Waals surface area contributed by atoms with Crippen molar-refractivity contribution >= 4 is 35.1 Å². The fourth-order valence-electron chi connectivity index (χ4n) is 13.2. The number of carbonyl (C=O) groups is 4. The van der Waals surface area contributed by atoms with Crippen LogP contribution in [0.25, 0.3) is 11.3 Å². The number of nitrogens with zero attached hydrogens (tertiary/aromatic N) is 7. The molecule has 1 aromatic heterocycles. The molecule has 6 heterocycles. The topological polar surface area (TPSA) is 187 Å². The van der Waals surface area contributed by atoms with Gasteiger partial charge in [0, 0.05) is 80.7 Å². The molecule has 0 bridgehead atoms. The maximum atomic E-state index is 14.2. The third-order valence-electron chi connectivity index (χ3n) is 17.6. The zero-order chi connectivity index (χ0) is 50.3. The highest BCUT2D eigenvalue weighted by Gasteiger charge is 2.51. The van der Waals surface area contributed by atoms with Crippen LogP contribution in [-0.4, -0.2) is 159 Å². The van der Waals surface area contributed by atoms with Gasteiger partial charge in [0.2, 0.25) is 23.6 Å². The van der Waals surface area contributed by atoms with Crippen LogP contribution in [0.5, 0.6) is 5.75 Å². The minimum absolute atomic E-state index is 0.0422. The van der Waals surface area contributed by atoms with Crippen molar-refractivity contribution in [3.05, 3.63) is 65.7 Å². The van der Waals surface area contributed by atoms with Crippen molar-refractivity contribution in [3.8, 4) is 29.4 Å². The Morgan fingerprint density at radius 3 is 2.22 bits per heavy atom. The van der Waals surface area contributed by atoms with E-state index in [1.165, 1.54) is 17.7 Å². The number of aliphatic hydroxyl groups excluding tert-OH is 1. The fraction of sp³-hybridized carbons (Fsp3) is 0.607. The van der Waals surface area contributed by atoms with Crippen LogP contribution in [-0.2, 0) is 25.7 Å². The second-order valence-corrected chi connectivity index (χ2v) is 23.2. The number of para-hydroxylation sites is 1. The summed E-state index contributed by atoms with van der Waals surface area (Å²) >= 11 is 0. The van der Waals surface area contributed by atoms with Crippen LogP contribution in [0.4, 0.5) is 11.5 Å². The monoisotopic (exact) mass is 983 g/mol. The third kappa shape index (κ3) is 10.4. The lowest BCUT2D eigenvalue weighted by Crippen LogP contribution is -2.60.